The van der Waals surface area contributed by atoms with Crippen LogP contribution in [-0.2, 0) is 4.74 Å². The van der Waals surface area contributed by atoms with Gasteiger partial charge >= 0.3 is 0 Å². The number of hydrogen-bond donors (Lipinski definition) is 1. The van der Waals surface area contributed by atoms with E-state index >= 15 is 0 Å². The Hall–Kier alpha value is -0.120. The lowest BCUT2D eigenvalue weighted by Crippen LogP contribution is -2.48. The molecule has 3 atom stereocenters. The summed E-state index contributed by atoms with van der Waals surface area (Å²) >= 11 is 0. The molecule has 1 saturated heterocycles. The van der Waals surface area contributed by atoms with Gasteiger partial charge in [0.25, 0.3) is 0 Å². The second-order valence-corrected chi connectivity index (χ2v) is 6.11. The molecule has 1 N–H and O–H groups in total. The number of hydrogen-bond acceptors (Lipinski definition) is 3. The zero-order valence-electron chi connectivity index (χ0n) is 12.2. The Morgan fingerprint density at radius 2 is 2.00 bits per heavy atom. The van der Waals surface area contributed by atoms with E-state index in [1.54, 1.807) is 0 Å². The number of nitrogens with zero attached hydrogens (tertiary/aromatic N) is 1. The molecule has 1 saturated carbocycles. The highest BCUT2D eigenvalue weighted by Gasteiger charge is 2.29. The van der Waals surface area contributed by atoms with Crippen molar-refractivity contribution in [2.45, 2.75) is 57.5 Å². The molecule has 2 fully saturated rings. The molecular weight excluding hydrogens is 224 g/mol. The highest BCUT2D eigenvalue weighted by molar-refractivity contribution is 4.85. The molecule has 0 bridgehead atoms. The second kappa shape index (κ2) is 7.46. The van der Waals surface area contributed by atoms with Crippen LogP contribution in [0.2, 0.25) is 0 Å². The summed E-state index contributed by atoms with van der Waals surface area (Å²) < 4.78 is 5.30. The number of nitrogens with one attached hydrogen (secondary N) is 1. The first-order chi connectivity index (χ1) is 8.81. The van der Waals surface area contributed by atoms with E-state index in [0.717, 1.165) is 31.2 Å². The fraction of sp³-hybridized carbons (Fsp3) is 1.00. The Kier molecular flexibility index (Phi) is 5.93. The van der Waals surface area contributed by atoms with Crippen molar-refractivity contribution < 1.29 is 4.74 Å². The van der Waals surface area contributed by atoms with Crippen molar-refractivity contribution in [1.82, 2.24) is 10.2 Å². The van der Waals surface area contributed by atoms with Crippen LogP contribution in [0.15, 0.2) is 0 Å². The molecule has 1 aliphatic carbocycles. The van der Waals surface area contributed by atoms with Crippen molar-refractivity contribution in [1.29, 1.82) is 0 Å². The predicted molar refractivity (Wildman–Crippen MR) is 75.9 cm³/mol. The van der Waals surface area contributed by atoms with E-state index in [4.69, 9.17) is 4.74 Å². The average Bonchev–Trinajstić information content (AvgIpc) is 2.88. The number of rotatable bonds is 6. The summed E-state index contributed by atoms with van der Waals surface area (Å²) in [7, 11) is 1.82. The van der Waals surface area contributed by atoms with Gasteiger partial charge < -0.3 is 10.1 Å². The third-order valence-electron chi connectivity index (χ3n) is 4.74. The van der Waals surface area contributed by atoms with Gasteiger partial charge in [0.2, 0.25) is 0 Å². The van der Waals surface area contributed by atoms with E-state index in [1.165, 1.54) is 51.6 Å². The van der Waals surface area contributed by atoms with Crippen molar-refractivity contribution >= 4 is 0 Å². The molecule has 3 nitrogen and oxygen atoms in total. The minimum atomic E-state index is 0.719. The summed E-state index contributed by atoms with van der Waals surface area (Å²) in [5, 5.41) is 3.63. The lowest BCUT2D eigenvalue weighted by molar-refractivity contribution is 0.0701. The van der Waals surface area contributed by atoms with Crippen molar-refractivity contribution in [3.05, 3.63) is 0 Å². The molecule has 1 heterocycles. The Labute approximate surface area is 112 Å². The van der Waals surface area contributed by atoms with Gasteiger partial charge in [0, 0.05) is 32.3 Å². The largest absolute Gasteiger partial charge is 0.383 e. The molecule has 1 aliphatic heterocycles. The van der Waals surface area contributed by atoms with E-state index in [0.29, 0.717) is 0 Å². The summed E-state index contributed by atoms with van der Waals surface area (Å²) in [4.78, 5) is 2.70. The quantitative estimate of drug-likeness (QED) is 0.787. The fourth-order valence-corrected chi connectivity index (χ4v) is 3.64. The Morgan fingerprint density at radius 1 is 1.17 bits per heavy atom. The molecule has 3 heteroatoms. The van der Waals surface area contributed by atoms with Crippen LogP contribution in [0.4, 0.5) is 0 Å². The van der Waals surface area contributed by atoms with Crippen LogP contribution < -0.4 is 5.32 Å². The minimum absolute atomic E-state index is 0.719. The van der Waals surface area contributed by atoms with Crippen LogP contribution in [0.1, 0.15) is 45.4 Å². The van der Waals surface area contributed by atoms with Gasteiger partial charge in [-0.15, -0.1) is 0 Å². The smallest absolute Gasteiger partial charge is 0.0589 e. The first kappa shape index (κ1) is 14.3. The first-order valence-corrected chi connectivity index (χ1v) is 7.77. The Bertz CT molecular complexity index is 229. The zero-order valence-corrected chi connectivity index (χ0v) is 12.2. The molecule has 0 spiro atoms. The van der Waals surface area contributed by atoms with E-state index in [9.17, 15) is 0 Å². The summed E-state index contributed by atoms with van der Waals surface area (Å²) in [6.07, 6.45) is 8.34. The maximum Gasteiger partial charge on any atom is 0.0589 e. The lowest BCUT2D eigenvalue weighted by Gasteiger charge is -2.39. The van der Waals surface area contributed by atoms with Crippen molar-refractivity contribution in [3.8, 4) is 0 Å². The summed E-state index contributed by atoms with van der Waals surface area (Å²) in [6, 6.07) is 1.51. The van der Waals surface area contributed by atoms with Gasteiger partial charge in [0.05, 0.1) is 6.61 Å². The third-order valence-corrected chi connectivity index (χ3v) is 4.74. The maximum absolute atomic E-state index is 5.30. The molecule has 18 heavy (non-hydrogen) atoms. The van der Waals surface area contributed by atoms with Gasteiger partial charge in [-0.2, -0.15) is 0 Å². The fourth-order valence-electron chi connectivity index (χ4n) is 3.64. The minimum Gasteiger partial charge on any atom is -0.383 e. The van der Waals surface area contributed by atoms with Gasteiger partial charge in [-0.05, 0) is 38.1 Å². The van der Waals surface area contributed by atoms with Gasteiger partial charge in [-0.25, -0.2) is 0 Å². The SMILES string of the molecule is COCCN(CC1CCCN1)C1CCCCC1C. The van der Waals surface area contributed by atoms with Crippen LogP contribution >= 0.6 is 0 Å². The molecule has 106 valence electrons. The zero-order chi connectivity index (χ0) is 12.8. The van der Waals surface area contributed by atoms with E-state index < -0.39 is 0 Å². The highest BCUT2D eigenvalue weighted by atomic mass is 16.5. The maximum atomic E-state index is 5.30. The molecule has 0 amide bonds. The van der Waals surface area contributed by atoms with Crippen LogP contribution in [0.5, 0.6) is 0 Å². The van der Waals surface area contributed by atoms with Crippen molar-refractivity contribution in [2.75, 3.05) is 33.4 Å². The second-order valence-electron chi connectivity index (χ2n) is 6.11. The van der Waals surface area contributed by atoms with Crippen molar-refractivity contribution in [2.24, 2.45) is 5.92 Å². The summed E-state index contributed by atoms with van der Waals surface area (Å²) in [5.74, 6) is 0.858. The Balaban J connectivity index is 1.89. The predicted octanol–water partition coefficient (Wildman–Crippen LogP) is 2.27. The molecular formula is C15H30N2O. The summed E-state index contributed by atoms with van der Waals surface area (Å²) in [5.41, 5.74) is 0. The molecule has 2 aliphatic rings. The van der Waals surface area contributed by atoms with Crippen LogP contribution in [-0.4, -0.2) is 50.3 Å². The van der Waals surface area contributed by atoms with Crippen LogP contribution in [0, 0.1) is 5.92 Å². The van der Waals surface area contributed by atoms with E-state index in [2.05, 4.69) is 17.1 Å². The average molecular weight is 254 g/mol. The molecule has 0 aromatic heterocycles. The van der Waals surface area contributed by atoms with Crippen LogP contribution in [0.25, 0.3) is 0 Å². The molecule has 3 unspecified atom stereocenters. The molecule has 0 aromatic carbocycles. The molecule has 0 radical (unpaired) electrons. The third kappa shape index (κ3) is 3.94. The lowest BCUT2D eigenvalue weighted by atomic mass is 9.84. The summed E-state index contributed by atoms with van der Waals surface area (Å²) in [6.45, 7) is 6.84. The van der Waals surface area contributed by atoms with E-state index in [1.807, 2.05) is 7.11 Å². The normalized spacial score (nSPS) is 33.2. The van der Waals surface area contributed by atoms with Crippen molar-refractivity contribution in [3.63, 3.8) is 0 Å². The van der Waals surface area contributed by atoms with Gasteiger partial charge in [0.15, 0.2) is 0 Å². The first-order valence-electron chi connectivity index (χ1n) is 7.77. The Morgan fingerprint density at radius 3 is 2.67 bits per heavy atom. The van der Waals surface area contributed by atoms with Gasteiger partial charge in [-0.3, -0.25) is 4.90 Å². The number of ether oxygens (including phenoxy) is 1. The molecule has 0 aromatic rings. The highest BCUT2D eigenvalue weighted by Crippen LogP contribution is 2.28. The van der Waals surface area contributed by atoms with Gasteiger partial charge in [-0.1, -0.05) is 19.8 Å². The number of methoxy groups -OCH3 is 1. The van der Waals surface area contributed by atoms with Crippen LogP contribution in [0.3, 0.4) is 0 Å². The van der Waals surface area contributed by atoms with E-state index in [-0.39, 0.29) is 0 Å². The molecule has 2 rings (SSSR count). The van der Waals surface area contributed by atoms with Gasteiger partial charge in [0.1, 0.15) is 0 Å². The monoisotopic (exact) mass is 254 g/mol. The standard InChI is InChI=1S/C15H30N2O/c1-13-6-3-4-8-15(13)17(10-11-18-2)12-14-7-5-9-16-14/h13-16H,3-12H2,1-2H3. The topological polar surface area (TPSA) is 24.5 Å².